The van der Waals surface area contributed by atoms with Crippen molar-refractivity contribution >= 4 is 5.78 Å². The second-order valence-electron chi connectivity index (χ2n) is 7.50. The minimum absolute atomic E-state index is 0.169. The van der Waals surface area contributed by atoms with Gasteiger partial charge in [-0.1, -0.05) is 6.07 Å². The van der Waals surface area contributed by atoms with Crippen molar-refractivity contribution in [1.82, 2.24) is 14.7 Å². The molecule has 0 saturated carbocycles. The fraction of sp³-hybridized carbons (Fsp3) is 0.524. The van der Waals surface area contributed by atoms with Crippen LogP contribution in [0.25, 0.3) is 0 Å². The molecule has 4 heteroatoms. The summed E-state index contributed by atoms with van der Waals surface area (Å²) < 4.78 is 2.00. The van der Waals surface area contributed by atoms with E-state index in [9.17, 15) is 4.79 Å². The molecule has 0 bridgehead atoms. The Bertz CT molecular complexity index is 791. The first-order valence-corrected chi connectivity index (χ1v) is 9.19. The third kappa shape index (κ3) is 3.54. The van der Waals surface area contributed by atoms with Crippen molar-refractivity contribution in [3.05, 3.63) is 51.8 Å². The normalized spacial score (nSPS) is 18.5. The topological polar surface area (TPSA) is 38.1 Å². The van der Waals surface area contributed by atoms with Gasteiger partial charge in [0, 0.05) is 43.5 Å². The van der Waals surface area contributed by atoms with Crippen molar-refractivity contribution in [3.63, 3.8) is 0 Å². The average molecular weight is 339 g/mol. The molecule has 1 aromatic carbocycles. The van der Waals surface area contributed by atoms with Crippen LogP contribution < -0.4 is 0 Å². The molecule has 2 heterocycles. The molecule has 4 nitrogen and oxygen atoms in total. The Hall–Kier alpha value is -1.94. The van der Waals surface area contributed by atoms with Gasteiger partial charge in [0.25, 0.3) is 0 Å². The zero-order chi connectivity index (χ0) is 18.1. The van der Waals surface area contributed by atoms with Crippen LogP contribution in [0, 0.1) is 20.8 Å². The summed E-state index contributed by atoms with van der Waals surface area (Å²) in [6.07, 6.45) is 4.32. The van der Waals surface area contributed by atoms with Crippen LogP contribution in [0.1, 0.15) is 64.0 Å². The molecule has 0 amide bonds. The van der Waals surface area contributed by atoms with E-state index >= 15 is 0 Å². The molecule has 1 aliphatic heterocycles. The minimum Gasteiger partial charge on any atom is -0.298 e. The smallest absolute Gasteiger partial charge is 0.160 e. The zero-order valence-corrected chi connectivity index (χ0v) is 16.1. The lowest BCUT2D eigenvalue weighted by Crippen LogP contribution is -2.35. The molecule has 1 saturated heterocycles. The summed E-state index contributed by atoms with van der Waals surface area (Å²) in [6, 6.07) is 4.31. The highest BCUT2D eigenvalue weighted by Gasteiger charge is 2.25. The first kappa shape index (κ1) is 17.9. The van der Waals surface area contributed by atoms with E-state index < -0.39 is 0 Å². The van der Waals surface area contributed by atoms with Crippen LogP contribution in [0.5, 0.6) is 0 Å². The monoisotopic (exact) mass is 339 g/mol. The van der Waals surface area contributed by atoms with Crippen LogP contribution >= 0.6 is 0 Å². The van der Waals surface area contributed by atoms with Crippen molar-refractivity contribution in [2.45, 2.75) is 53.0 Å². The standard InChI is InChI=1S/C21H29N3O/c1-14-11-15(2)21(17(4)25)16(3)19(14)13-24-10-6-7-18(12-24)20-8-9-22-23(20)5/h8-9,11,18H,6-7,10,12-13H2,1-5H3/t18-/m0/s1. The number of benzene rings is 1. The van der Waals surface area contributed by atoms with E-state index in [4.69, 9.17) is 0 Å². The Morgan fingerprint density at radius 1 is 1.28 bits per heavy atom. The number of likely N-dealkylation sites (tertiary alicyclic amines) is 1. The van der Waals surface area contributed by atoms with Crippen molar-refractivity contribution in [3.8, 4) is 0 Å². The SMILES string of the molecule is CC(=O)c1c(C)cc(C)c(CN2CCC[C@H](c3ccnn3C)C2)c1C. The zero-order valence-electron chi connectivity index (χ0n) is 16.1. The van der Waals surface area contributed by atoms with Crippen LogP contribution in [0.15, 0.2) is 18.3 Å². The maximum atomic E-state index is 12.1. The van der Waals surface area contributed by atoms with E-state index in [-0.39, 0.29) is 5.78 Å². The van der Waals surface area contributed by atoms with Gasteiger partial charge in [0.15, 0.2) is 5.78 Å². The number of aromatic nitrogens is 2. The van der Waals surface area contributed by atoms with Gasteiger partial charge in [-0.15, -0.1) is 0 Å². The van der Waals surface area contributed by atoms with Crippen LogP contribution in [-0.2, 0) is 13.6 Å². The predicted octanol–water partition coefficient (Wildman–Crippen LogP) is 3.93. The molecule has 134 valence electrons. The van der Waals surface area contributed by atoms with Crippen molar-refractivity contribution in [1.29, 1.82) is 0 Å². The number of piperidine rings is 1. The van der Waals surface area contributed by atoms with E-state index in [0.29, 0.717) is 5.92 Å². The quantitative estimate of drug-likeness (QED) is 0.792. The van der Waals surface area contributed by atoms with E-state index in [1.807, 2.05) is 24.9 Å². The summed E-state index contributed by atoms with van der Waals surface area (Å²) in [5, 5.41) is 4.33. The Labute approximate surface area is 150 Å². The molecule has 1 aromatic heterocycles. The molecule has 0 N–H and O–H groups in total. The van der Waals surface area contributed by atoms with Crippen molar-refractivity contribution in [2.24, 2.45) is 7.05 Å². The highest BCUT2D eigenvalue weighted by Crippen LogP contribution is 2.29. The average Bonchev–Trinajstić information content (AvgIpc) is 2.97. The second-order valence-corrected chi connectivity index (χ2v) is 7.50. The molecule has 3 rings (SSSR count). The molecule has 1 fully saturated rings. The number of carbonyl (C=O) groups excluding carboxylic acids is 1. The molecule has 25 heavy (non-hydrogen) atoms. The summed E-state index contributed by atoms with van der Waals surface area (Å²) in [5.74, 6) is 0.710. The van der Waals surface area contributed by atoms with Gasteiger partial charge in [0.2, 0.25) is 0 Å². The van der Waals surface area contributed by atoms with Crippen molar-refractivity contribution < 1.29 is 4.79 Å². The lowest BCUT2D eigenvalue weighted by atomic mass is 9.90. The number of Topliss-reactive ketones (excluding diaryl/α,β-unsaturated/α-hetero) is 1. The van der Waals surface area contributed by atoms with Gasteiger partial charge in [0.05, 0.1) is 0 Å². The second kappa shape index (κ2) is 7.12. The molecule has 1 aliphatic rings. The van der Waals surface area contributed by atoms with Gasteiger partial charge < -0.3 is 0 Å². The minimum atomic E-state index is 0.169. The third-order valence-electron chi connectivity index (χ3n) is 5.65. The third-order valence-corrected chi connectivity index (χ3v) is 5.65. The maximum absolute atomic E-state index is 12.1. The van der Waals surface area contributed by atoms with Gasteiger partial charge >= 0.3 is 0 Å². The highest BCUT2D eigenvalue weighted by molar-refractivity contribution is 5.97. The van der Waals surface area contributed by atoms with E-state index in [1.165, 1.54) is 29.7 Å². The number of hydrogen-bond donors (Lipinski definition) is 0. The lowest BCUT2D eigenvalue weighted by molar-refractivity contribution is 0.101. The Kier molecular flexibility index (Phi) is 5.09. The van der Waals surface area contributed by atoms with Gasteiger partial charge in [-0.05, 0) is 75.4 Å². The van der Waals surface area contributed by atoms with Crippen molar-refractivity contribution in [2.75, 3.05) is 13.1 Å². The molecule has 0 unspecified atom stereocenters. The van der Waals surface area contributed by atoms with Crippen LogP contribution in [0.3, 0.4) is 0 Å². The van der Waals surface area contributed by atoms with Gasteiger partial charge in [0.1, 0.15) is 0 Å². The van der Waals surface area contributed by atoms with E-state index in [1.54, 1.807) is 6.92 Å². The van der Waals surface area contributed by atoms with Gasteiger partial charge in [-0.25, -0.2) is 0 Å². The first-order valence-electron chi connectivity index (χ1n) is 9.19. The number of hydrogen-bond acceptors (Lipinski definition) is 3. The summed E-state index contributed by atoms with van der Waals surface area (Å²) in [5.41, 5.74) is 7.10. The predicted molar refractivity (Wildman–Crippen MR) is 101 cm³/mol. The number of aryl methyl sites for hydroxylation is 3. The van der Waals surface area contributed by atoms with Gasteiger partial charge in [-0.3, -0.25) is 14.4 Å². The molecular weight excluding hydrogens is 310 g/mol. The first-order chi connectivity index (χ1) is 11.9. The molecular formula is C21H29N3O. The summed E-state index contributed by atoms with van der Waals surface area (Å²) in [6.45, 7) is 11.1. The Morgan fingerprint density at radius 3 is 2.68 bits per heavy atom. The maximum Gasteiger partial charge on any atom is 0.160 e. The van der Waals surface area contributed by atoms with E-state index in [2.05, 4.69) is 36.0 Å². The van der Waals surface area contributed by atoms with Crippen LogP contribution in [0.2, 0.25) is 0 Å². The number of ketones is 1. The number of rotatable bonds is 4. The largest absolute Gasteiger partial charge is 0.298 e. The van der Waals surface area contributed by atoms with E-state index in [0.717, 1.165) is 36.3 Å². The number of nitrogens with zero attached hydrogens (tertiary/aromatic N) is 3. The molecule has 0 aliphatic carbocycles. The molecule has 0 radical (unpaired) electrons. The molecule has 0 spiro atoms. The molecule has 1 atom stereocenters. The summed E-state index contributed by atoms with van der Waals surface area (Å²) in [7, 11) is 2.03. The Balaban J connectivity index is 1.84. The Morgan fingerprint density at radius 2 is 2.04 bits per heavy atom. The highest BCUT2D eigenvalue weighted by atomic mass is 16.1. The summed E-state index contributed by atoms with van der Waals surface area (Å²) >= 11 is 0. The van der Waals surface area contributed by atoms with Crippen LogP contribution in [-0.4, -0.2) is 33.6 Å². The summed E-state index contributed by atoms with van der Waals surface area (Å²) in [4.78, 5) is 14.6. The van der Waals surface area contributed by atoms with Crippen LogP contribution in [0.4, 0.5) is 0 Å². The van der Waals surface area contributed by atoms with Gasteiger partial charge in [-0.2, -0.15) is 5.10 Å². The molecule has 2 aromatic rings. The number of carbonyl (C=O) groups is 1. The lowest BCUT2D eigenvalue weighted by Gasteiger charge is -2.33. The fourth-order valence-electron chi connectivity index (χ4n) is 4.46. The fourth-order valence-corrected chi connectivity index (χ4v) is 4.46.